The molecule has 138 valence electrons. The maximum absolute atomic E-state index is 12.5. The summed E-state index contributed by atoms with van der Waals surface area (Å²) < 4.78 is 29.0. The van der Waals surface area contributed by atoms with Crippen LogP contribution in [0.3, 0.4) is 0 Å². The Balaban J connectivity index is 1.78. The molecule has 26 heavy (non-hydrogen) atoms. The minimum absolute atomic E-state index is 0.0489. The van der Waals surface area contributed by atoms with Crippen molar-refractivity contribution in [2.75, 3.05) is 20.6 Å². The third-order valence-electron chi connectivity index (χ3n) is 4.29. The summed E-state index contributed by atoms with van der Waals surface area (Å²) in [5.41, 5.74) is 1.74. The number of nitrogens with zero attached hydrogens (tertiary/aromatic N) is 1. The first-order valence-corrected chi connectivity index (χ1v) is 11.1. The van der Waals surface area contributed by atoms with Gasteiger partial charge in [0.05, 0.1) is 5.75 Å². The Labute approximate surface area is 163 Å². The van der Waals surface area contributed by atoms with Gasteiger partial charge in [0.15, 0.2) is 0 Å². The van der Waals surface area contributed by atoms with Crippen molar-refractivity contribution >= 4 is 43.0 Å². The molecule has 0 radical (unpaired) electrons. The Hall–Kier alpha value is -1.44. The Kier molecular flexibility index (Phi) is 5.99. The zero-order valence-corrected chi connectivity index (χ0v) is 17.0. The van der Waals surface area contributed by atoms with E-state index in [1.54, 1.807) is 35.6 Å². The molecule has 7 heteroatoms. The van der Waals surface area contributed by atoms with Crippen LogP contribution < -0.4 is 4.72 Å². The van der Waals surface area contributed by atoms with Gasteiger partial charge in [0.25, 0.3) is 0 Å². The number of hydrogen-bond donors (Lipinski definition) is 1. The first-order valence-electron chi connectivity index (χ1n) is 8.20. The third kappa shape index (κ3) is 4.45. The van der Waals surface area contributed by atoms with Crippen LogP contribution in [0, 0.1) is 0 Å². The van der Waals surface area contributed by atoms with Crippen molar-refractivity contribution < 1.29 is 8.42 Å². The second kappa shape index (κ2) is 8.06. The fourth-order valence-electron chi connectivity index (χ4n) is 2.90. The fourth-order valence-corrected chi connectivity index (χ4v) is 5.37. The van der Waals surface area contributed by atoms with Crippen molar-refractivity contribution in [2.45, 2.75) is 11.8 Å². The summed E-state index contributed by atoms with van der Waals surface area (Å²) in [6.07, 6.45) is 0. The third-order valence-corrected chi connectivity index (χ3v) is 6.94. The van der Waals surface area contributed by atoms with E-state index in [2.05, 4.69) is 22.2 Å². The van der Waals surface area contributed by atoms with Crippen LogP contribution in [0.5, 0.6) is 0 Å². The van der Waals surface area contributed by atoms with E-state index in [0.29, 0.717) is 17.1 Å². The van der Waals surface area contributed by atoms with E-state index < -0.39 is 10.0 Å². The van der Waals surface area contributed by atoms with Crippen molar-refractivity contribution in [3.05, 3.63) is 70.1 Å². The van der Waals surface area contributed by atoms with E-state index in [9.17, 15) is 8.42 Å². The molecule has 0 aliphatic heterocycles. The molecule has 0 fully saturated rings. The lowest BCUT2D eigenvalue weighted by Gasteiger charge is -2.24. The minimum atomic E-state index is -3.49. The molecule has 1 N–H and O–H groups in total. The second-order valence-corrected chi connectivity index (χ2v) is 9.49. The van der Waals surface area contributed by atoms with Crippen LogP contribution in [0.15, 0.2) is 53.9 Å². The van der Waals surface area contributed by atoms with Crippen molar-refractivity contribution in [3.63, 3.8) is 0 Å². The van der Waals surface area contributed by atoms with Crippen molar-refractivity contribution in [2.24, 2.45) is 0 Å². The molecule has 0 spiro atoms. The number of nitrogens with one attached hydrogen (secondary N) is 1. The Morgan fingerprint density at radius 3 is 2.54 bits per heavy atom. The molecule has 0 aliphatic carbocycles. The zero-order valence-electron chi connectivity index (χ0n) is 14.6. The quantitative estimate of drug-likeness (QED) is 0.634. The topological polar surface area (TPSA) is 49.4 Å². The van der Waals surface area contributed by atoms with E-state index in [-0.39, 0.29) is 11.8 Å². The summed E-state index contributed by atoms with van der Waals surface area (Å²) in [4.78, 5) is 2.03. The molecule has 0 bridgehead atoms. The van der Waals surface area contributed by atoms with Gasteiger partial charge in [-0.1, -0.05) is 48.0 Å². The van der Waals surface area contributed by atoms with Crippen LogP contribution >= 0.6 is 22.9 Å². The maximum atomic E-state index is 12.5. The lowest BCUT2D eigenvalue weighted by molar-refractivity contribution is 0.301. The molecule has 1 aromatic heterocycles. The lowest BCUT2D eigenvalue weighted by atomic mass is 10.1. The van der Waals surface area contributed by atoms with Crippen LogP contribution in [0.1, 0.15) is 17.2 Å². The second-order valence-electron chi connectivity index (χ2n) is 6.37. The highest BCUT2D eigenvalue weighted by molar-refractivity contribution is 7.88. The largest absolute Gasteiger partial charge is 0.301 e. The normalized spacial score (nSPS) is 13.4. The highest BCUT2D eigenvalue weighted by Crippen LogP contribution is 2.32. The van der Waals surface area contributed by atoms with Crippen LogP contribution in [0.2, 0.25) is 5.02 Å². The highest BCUT2D eigenvalue weighted by atomic mass is 35.5. The molecule has 4 nitrogen and oxygen atoms in total. The van der Waals surface area contributed by atoms with Gasteiger partial charge in [0.2, 0.25) is 10.0 Å². The lowest BCUT2D eigenvalue weighted by Crippen LogP contribution is -2.35. The molecular weight excluding hydrogens is 388 g/mol. The van der Waals surface area contributed by atoms with E-state index in [1.807, 2.05) is 31.1 Å². The average Bonchev–Trinajstić information content (AvgIpc) is 3.01. The molecule has 3 aromatic rings. The van der Waals surface area contributed by atoms with Crippen LogP contribution in [-0.2, 0) is 15.8 Å². The Morgan fingerprint density at radius 1 is 1.12 bits per heavy atom. The van der Waals surface area contributed by atoms with Crippen LogP contribution in [-0.4, -0.2) is 34.0 Å². The van der Waals surface area contributed by atoms with Crippen molar-refractivity contribution in [1.82, 2.24) is 9.62 Å². The number of sulfonamides is 1. The molecule has 0 amide bonds. The van der Waals surface area contributed by atoms with Crippen LogP contribution in [0.4, 0.5) is 0 Å². The van der Waals surface area contributed by atoms with Gasteiger partial charge in [-0.15, -0.1) is 11.3 Å². The van der Waals surface area contributed by atoms with Crippen molar-refractivity contribution in [3.8, 4) is 0 Å². The molecule has 0 saturated heterocycles. The summed E-state index contributed by atoms with van der Waals surface area (Å²) >= 11 is 7.77. The number of likely N-dealkylation sites (N-methyl/N-ethyl adjacent to an activating group) is 1. The summed E-state index contributed by atoms with van der Waals surface area (Å²) in [5.74, 6) is -0.128. The molecule has 1 atom stereocenters. The van der Waals surface area contributed by atoms with E-state index in [4.69, 9.17) is 11.6 Å². The van der Waals surface area contributed by atoms with Gasteiger partial charge in [0.1, 0.15) is 0 Å². The van der Waals surface area contributed by atoms with Gasteiger partial charge in [-0.2, -0.15) is 0 Å². The molecule has 3 rings (SSSR count). The number of fused-ring (bicyclic) bond motifs is 1. The molecular formula is C19H21ClN2O2S2. The Morgan fingerprint density at radius 2 is 1.81 bits per heavy atom. The van der Waals surface area contributed by atoms with Gasteiger partial charge < -0.3 is 4.90 Å². The van der Waals surface area contributed by atoms with Gasteiger partial charge in [-0.05, 0) is 48.1 Å². The molecule has 1 unspecified atom stereocenters. The number of rotatable bonds is 7. The first kappa shape index (κ1) is 19.3. The number of hydrogen-bond acceptors (Lipinski definition) is 4. The smallest absolute Gasteiger partial charge is 0.215 e. The van der Waals surface area contributed by atoms with E-state index >= 15 is 0 Å². The maximum Gasteiger partial charge on any atom is 0.215 e. The molecule has 1 heterocycles. The summed E-state index contributed by atoms with van der Waals surface area (Å²) in [6, 6.07) is 15.1. The van der Waals surface area contributed by atoms with E-state index in [1.165, 1.54) is 10.1 Å². The molecule has 0 saturated carbocycles. The number of benzene rings is 2. The van der Waals surface area contributed by atoms with Gasteiger partial charge in [0, 0.05) is 22.3 Å². The highest BCUT2D eigenvalue weighted by Gasteiger charge is 2.21. The van der Waals surface area contributed by atoms with Gasteiger partial charge in [-0.25, -0.2) is 13.1 Å². The van der Waals surface area contributed by atoms with Crippen molar-refractivity contribution in [1.29, 1.82) is 0 Å². The standard InChI is InChI=1S/C19H21ClN2O2S2/c1-22(2)18(16-12-25-19-10-6-4-8-15(16)19)11-21-26(23,24)13-14-7-3-5-9-17(14)20/h3-10,12,18,21H,11,13H2,1-2H3. The number of halogens is 1. The monoisotopic (exact) mass is 408 g/mol. The van der Waals surface area contributed by atoms with Gasteiger partial charge in [-0.3, -0.25) is 0 Å². The molecule has 2 aromatic carbocycles. The average molecular weight is 409 g/mol. The fraction of sp³-hybridized carbons (Fsp3) is 0.263. The van der Waals surface area contributed by atoms with E-state index in [0.717, 1.165) is 5.56 Å². The SMILES string of the molecule is CN(C)C(CNS(=O)(=O)Cc1ccccc1Cl)c1csc2ccccc12. The Bertz CT molecular complexity index is 999. The zero-order chi connectivity index (χ0) is 18.7. The minimum Gasteiger partial charge on any atom is -0.301 e. The molecule has 0 aliphatic rings. The predicted octanol–water partition coefficient (Wildman–Crippen LogP) is 4.28. The first-order chi connectivity index (χ1) is 12.4. The van der Waals surface area contributed by atoms with Crippen LogP contribution in [0.25, 0.3) is 10.1 Å². The van der Waals surface area contributed by atoms with Gasteiger partial charge >= 0.3 is 0 Å². The summed E-state index contributed by atoms with van der Waals surface area (Å²) in [6.45, 7) is 0.306. The number of thiophene rings is 1. The summed E-state index contributed by atoms with van der Waals surface area (Å²) in [7, 11) is 0.428. The predicted molar refractivity (Wildman–Crippen MR) is 110 cm³/mol. The summed E-state index contributed by atoms with van der Waals surface area (Å²) in [5, 5.41) is 3.74.